The zero-order valence-electron chi connectivity index (χ0n) is 9.62. The number of amides is 1. The SMILES string of the molecule is CCCCCN(C(=O)CCS)C(C)C. The summed E-state index contributed by atoms with van der Waals surface area (Å²) in [6.07, 6.45) is 4.09. The molecule has 0 radical (unpaired) electrons. The Balaban J connectivity index is 3.95. The van der Waals surface area contributed by atoms with Crippen molar-refractivity contribution in [2.75, 3.05) is 12.3 Å². The molecule has 0 aliphatic rings. The summed E-state index contributed by atoms with van der Waals surface area (Å²) in [6, 6.07) is 0.319. The lowest BCUT2D eigenvalue weighted by Crippen LogP contribution is -2.37. The summed E-state index contributed by atoms with van der Waals surface area (Å²) in [7, 11) is 0. The average Bonchev–Trinajstić information content (AvgIpc) is 2.12. The highest BCUT2D eigenvalue weighted by Gasteiger charge is 2.14. The zero-order valence-corrected chi connectivity index (χ0v) is 10.5. The second-order valence-electron chi connectivity index (χ2n) is 3.86. The minimum Gasteiger partial charge on any atom is -0.340 e. The third-order valence-electron chi connectivity index (χ3n) is 2.27. The maximum absolute atomic E-state index is 11.7. The molecule has 0 bridgehead atoms. The summed E-state index contributed by atoms with van der Waals surface area (Å²) < 4.78 is 0. The maximum Gasteiger partial charge on any atom is 0.223 e. The van der Waals surface area contributed by atoms with Crippen LogP contribution in [0, 0.1) is 0 Å². The molecule has 1 amide bonds. The molecular formula is C11H23NOS. The van der Waals surface area contributed by atoms with Crippen LogP contribution in [0.2, 0.25) is 0 Å². The number of hydrogen-bond acceptors (Lipinski definition) is 2. The van der Waals surface area contributed by atoms with Crippen molar-refractivity contribution in [2.45, 2.75) is 52.5 Å². The van der Waals surface area contributed by atoms with Gasteiger partial charge in [0.1, 0.15) is 0 Å². The van der Waals surface area contributed by atoms with Crippen LogP contribution in [-0.4, -0.2) is 29.1 Å². The molecule has 0 fully saturated rings. The van der Waals surface area contributed by atoms with Gasteiger partial charge in [0.25, 0.3) is 0 Å². The maximum atomic E-state index is 11.7. The number of carbonyl (C=O) groups excluding carboxylic acids is 1. The van der Waals surface area contributed by atoms with Gasteiger partial charge in [0.2, 0.25) is 5.91 Å². The van der Waals surface area contributed by atoms with E-state index in [1.165, 1.54) is 12.8 Å². The topological polar surface area (TPSA) is 20.3 Å². The minimum absolute atomic E-state index is 0.242. The van der Waals surface area contributed by atoms with Crippen LogP contribution in [0.15, 0.2) is 0 Å². The summed E-state index contributed by atoms with van der Waals surface area (Å²) in [5, 5.41) is 0. The van der Waals surface area contributed by atoms with Gasteiger partial charge in [-0.2, -0.15) is 12.6 Å². The molecule has 0 saturated carbocycles. The smallest absolute Gasteiger partial charge is 0.223 e. The van der Waals surface area contributed by atoms with Crippen LogP contribution in [0.3, 0.4) is 0 Å². The van der Waals surface area contributed by atoms with Crippen LogP contribution in [0.25, 0.3) is 0 Å². The average molecular weight is 217 g/mol. The molecule has 0 atom stereocenters. The molecule has 0 aliphatic carbocycles. The third kappa shape index (κ3) is 5.53. The van der Waals surface area contributed by atoms with Gasteiger partial charge < -0.3 is 4.90 Å². The van der Waals surface area contributed by atoms with Crippen molar-refractivity contribution in [3.8, 4) is 0 Å². The first kappa shape index (κ1) is 13.8. The number of nitrogens with zero attached hydrogens (tertiary/aromatic N) is 1. The highest BCUT2D eigenvalue weighted by molar-refractivity contribution is 7.80. The summed E-state index contributed by atoms with van der Waals surface area (Å²) in [6.45, 7) is 7.22. The summed E-state index contributed by atoms with van der Waals surface area (Å²) in [5.41, 5.74) is 0. The van der Waals surface area contributed by atoms with Crippen LogP contribution in [0.1, 0.15) is 46.5 Å². The molecule has 14 heavy (non-hydrogen) atoms. The number of rotatable bonds is 7. The highest BCUT2D eigenvalue weighted by Crippen LogP contribution is 2.06. The van der Waals surface area contributed by atoms with Gasteiger partial charge in [-0.15, -0.1) is 0 Å². The number of hydrogen-bond donors (Lipinski definition) is 1. The van der Waals surface area contributed by atoms with Crippen LogP contribution in [0.4, 0.5) is 0 Å². The summed E-state index contributed by atoms with van der Waals surface area (Å²) in [5.74, 6) is 0.890. The lowest BCUT2D eigenvalue weighted by molar-refractivity contribution is -0.132. The first-order valence-corrected chi connectivity index (χ1v) is 6.17. The van der Waals surface area contributed by atoms with Crippen molar-refractivity contribution in [3.63, 3.8) is 0 Å². The van der Waals surface area contributed by atoms with E-state index in [0.29, 0.717) is 18.2 Å². The predicted octanol–water partition coefficient (Wildman–Crippen LogP) is 2.73. The minimum atomic E-state index is 0.242. The summed E-state index contributed by atoms with van der Waals surface area (Å²) >= 11 is 4.08. The van der Waals surface area contributed by atoms with E-state index in [4.69, 9.17) is 0 Å². The van der Waals surface area contributed by atoms with E-state index in [1.54, 1.807) is 0 Å². The molecule has 0 heterocycles. The first-order valence-electron chi connectivity index (χ1n) is 5.53. The van der Waals surface area contributed by atoms with Crippen LogP contribution < -0.4 is 0 Å². The fourth-order valence-corrected chi connectivity index (χ4v) is 1.63. The van der Waals surface area contributed by atoms with E-state index in [1.807, 2.05) is 4.90 Å². The summed E-state index contributed by atoms with van der Waals surface area (Å²) in [4.78, 5) is 13.6. The lowest BCUT2D eigenvalue weighted by Gasteiger charge is -2.26. The molecule has 3 heteroatoms. The number of unbranched alkanes of at least 4 members (excludes halogenated alkanes) is 2. The van der Waals surface area contributed by atoms with E-state index < -0.39 is 0 Å². The van der Waals surface area contributed by atoms with E-state index in [-0.39, 0.29) is 5.91 Å². The molecule has 2 nitrogen and oxygen atoms in total. The van der Waals surface area contributed by atoms with Gasteiger partial charge in [0.05, 0.1) is 0 Å². The van der Waals surface area contributed by atoms with Gasteiger partial charge in [0.15, 0.2) is 0 Å². The Kier molecular flexibility index (Phi) is 8.05. The quantitative estimate of drug-likeness (QED) is 0.513. The fourth-order valence-electron chi connectivity index (χ4n) is 1.44. The van der Waals surface area contributed by atoms with E-state index in [9.17, 15) is 4.79 Å². The Morgan fingerprint density at radius 2 is 2.00 bits per heavy atom. The first-order chi connectivity index (χ1) is 6.63. The van der Waals surface area contributed by atoms with Crippen LogP contribution >= 0.6 is 12.6 Å². The second-order valence-corrected chi connectivity index (χ2v) is 4.31. The van der Waals surface area contributed by atoms with E-state index in [2.05, 4.69) is 33.4 Å². The molecule has 84 valence electrons. The Labute approximate surface area is 93.5 Å². The normalized spacial score (nSPS) is 10.6. The second kappa shape index (κ2) is 8.16. The van der Waals surface area contributed by atoms with Crippen molar-refractivity contribution in [1.29, 1.82) is 0 Å². The molecule has 0 aromatic heterocycles. The van der Waals surface area contributed by atoms with Gasteiger partial charge in [-0.25, -0.2) is 0 Å². The number of carbonyl (C=O) groups is 1. The molecule has 0 saturated heterocycles. The van der Waals surface area contributed by atoms with Gasteiger partial charge in [-0.1, -0.05) is 19.8 Å². The van der Waals surface area contributed by atoms with Crippen molar-refractivity contribution in [1.82, 2.24) is 4.90 Å². The zero-order chi connectivity index (χ0) is 11.0. The Hall–Kier alpha value is -0.180. The van der Waals surface area contributed by atoms with Crippen LogP contribution in [0.5, 0.6) is 0 Å². The van der Waals surface area contributed by atoms with E-state index in [0.717, 1.165) is 13.0 Å². The molecule has 0 N–H and O–H groups in total. The van der Waals surface area contributed by atoms with E-state index >= 15 is 0 Å². The van der Waals surface area contributed by atoms with Gasteiger partial charge in [-0.05, 0) is 26.0 Å². The molecule has 0 aliphatic heterocycles. The van der Waals surface area contributed by atoms with Crippen molar-refractivity contribution in [3.05, 3.63) is 0 Å². The highest BCUT2D eigenvalue weighted by atomic mass is 32.1. The Bertz CT molecular complexity index is 159. The Morgan fingerprint density at radius 3 is 2.43 bits per heavy atom. The molecule has 0 aromatic carbocycles. The third-order valence-corrected chi connectivity index (χ3v) is 2.50. The standard InChI is InChI=1S/C11H23NOS/c1-4-5-6-8-12(10(2)3)11(13)7-9-14/h10,14H,4-9H2,1-3H3. The van der Waals surface area contributed by atoms with Gasteiger partial charge in [0, 0.05) is 19.0 Å². The van der Waals surface area contributed by atoms with Gasteiger partial charge >= 0.3 is 0 Å². The molecule has 0 rings (SSSR count). The molecule has 0 unspecified atom stereocenters. The molecule has 0 spiro atoms. The molecular weight excluding hydrogens is 194 g/mol. The monoisotopic (exact) mass is 217 g/mol. The van der Waals surface area contributed by atoms with Crippen LogP contribution in [-0.2, 0) is 4.79 Å². The van der Waals surface area contributed by atoms with Crippen molar-refractivity contribution < 1.29 is 4.79 Å². The fraction of sp³-hybridized carbons (Fsp3) is 0.909. The number of thiol groups is 1. The van der Waals surface area contributed by atoms with Crippen molar-refractivity contribution >= 4 is 18.5 Å². The van der Waals surface area contributed by atoms with Crippen molar-refractivity contribution in [2.24, 2.45) is 0 Å². The van der Waals surface area contributed by atoms with Gasteiger partial charge in [-0.3, -0.25) is 4.79 Å². The Morgan fingerprint density at radius 1 is 1.36 bits per heavy atom. The molecule has 0 aromatic rings. The lowest BCUT2D eigenvalue weighted by atomic mass is 10.2. The largest absolute Gasteiger partial charge is 0.340 e. The predicted molar refractivity (Wildman–Crippen MR) is 64.8 cm³/mol.